The van der Waals surface area contributed by atoms with Crippen LogP contribution in [-0.2, 0) is 11.3 Å². The molecule has 0 aromatic heterocycles. The molecule has 1 aliphatic carbocycles. The first-order valence-electron chi connectivity index (χ1n) is 10.8. The van der Waals surface area contributed by atoms with Gasteiger partial charge < -0.3 is 15.7 Å². The summed E-state index contributed by atoms with van der Waals surface area (Å²) in [5.74, 6) is 0.747. The highest BCUT2D eigenvalue weighted by atomic mass is 35.5. The van der Waals surface area contributed by atoms with Gasteiger partial charge >= 0.3 is 0 Å². The molecule has 0 unspecified atom stereocenters. The zero-order chi connectivity index (χ0) is 22.0. The lowest BCUT2D eigenvalue weighted by Crippen LogP contribution is -2.47. The van der Waals surface area contributed by atoms with Crippen LogP contribution in [0.5, 0.6) is 5.75 Å². The van der Waals surface area contributed by atoms with Gasteiger partial charge in [-0.2, -0.15) is 0 Å². The first-order valence-corrected chi connectivity index (χ1v) is 11.2. The van der Waals surface area contributed by atoms with Crippen LogP contribution in [0, 0.1) is 11.8 Å². The van der Waals surface area contributed by atoms with Gasteiger partial charge in [-0.1, -0.05) is 18.5 Å². The van der Waals surface area contributed by atoms with E-state index in [2.05, 4.69) is 22.5 Å². The topological polar surface area (TPSA) is 81.7 Å². The molecule has 4 rings (SSSR count). The number of hydrogen-bond acceptors (Lipinski definition) is 4. The molecule has 31 heavy (non-hydrogen) atoms. The number of halogens is 1. The maximum atomic E-state index is 12.7. The number of nitrogens with zero attached hydrogens (tertiary/aromatic N) is 1. The van der Waals surface area contributed by atoms with Gasteiger partial charge in [-0.25, -0.2) is 0 Å². The van der Waals surface area contributed by atoms with Crippen molar-refractivity contribution in [3.05, 3.63) is 58.6 Å². The normalized spacial score (nSPS) is 23.2. The Balaban J connectivity index is 1.30. The van der Waals surface area contributed by atoms with E-state index in [1.165, 1.54) is 0 Å². The number of amides is 2. The summed E-state index contributed by atoms with van der Waals surface area (Å²) in [4.78, 5) is 27.0. The summed E-state index contributed by atoms with van der Waals surface area (Å²) < 4.78 is 0. The van der Waals surface area contributed by atoms with E-state index in [1.54, 1.807) is 42.5 Å². The maximum Gasteiger partial charge on any atom is 0.251 e. The Morgan fingerprint density at radius 3 is 2.65 bits per heavy atom. The molecule has 0 radical (unpaired) electrons. The average molecular weight is 442 g/mol. The van der Waals surface area contributed by atoms with Crippen molar-refractivity contribution in [3.8, 4) is 5.75 Å². The molecule has 3 N–H and O–H groups in total. The Kier molecular flexibility index (Phi) is 6.49. The van der Waals surface area contributed by atoms with Gasteiger partial charge in [0.1, 0.15) is 5.75 Å². The first-order chi connectivity index (χ1) is 14.9. The predicted octanol–water partition coefficient (Wildman–Crippen LogP) is 4.03. The average Bonchev–Trinajstić information content (AvgIpc) is 3.48. The van der Waals surface area contributed by atoms with E-state index in [4.69, 9.17) is 11.6 Å². The Labute approximate surface area is 187 Å². The van der Waals surface area contributed by atoms with Crippen LogP contribution in [0.3, 0.4) is 0 Å². The second-order valence-electron chi connectivity index (χ2n) is 8.71. The fraction of sp³-hybridized carbons (Fsp3) is 0.417. The van der Waals surface area contributed by atoms with Crippen molar-refractivity contribution in [3.63, 3.8) is 0 Å². The van der Waals surface area contributed by atoms with Gasteiger partial charge in [0.05, 0.1) is 0 Å². The third-order valence-corrected chi connectivity index (χ3v) is 6.37. The summed E-state index contributed by atoms with van der Waals surface area (Å²) in [7, 11) is 0. The van der Waals surface area contributed by atoms with Crippen LogP contribution in [0.2, 0.25) is 5.02 Å². The lowest BCUT2D eigenvalue weighted by atomic mass is 10.0. The van der Waals surface area contributed by atoms with E-state index in [0.29, 0.717) is 35.3 Å². The molecule has 6 nitrogen and oxygen atoms in total. The van der Waals surface area contributed by atoms with Crippen molar-refractivity contribution in [2.24, 2.45) is 11.8 Å². The van der Waals surface area contributed by atoms with Gasteiger partial charge in [0.15, 0.2) is 0 Å². The van der Waals surface area contributed by atoms with E-state index in [1.807, 2.05) is 0 Å². The lowest BCUT2D eigenvalue weighted by Gasteiger charge is -2.33. The number of phenolic OH excluding ortho intramolecular Hbond substituents is 1. The van der Waals surface area contributed by atoms with E-state index < -0.39 is 0 Å². The van der Waals surface area contributed by atoms with Crippen molar-refractivity contribution in [2.75, 3.05) is 18.4 Å². The predicted molar refractivity (Wildman–Crippen MR) is 121 cm³/mol. The molecule has 1 heterocycles. The summed E-state index contributed by atoms with van der Waals surface area (Å²) >= 11 is 6.05. The Bertz CT molecular complexity index is 963. The number of carbonyl (C=O) groups excluding carboxylic acids is 2. The Morgan fingerprint density at radius 2 is 1.94 bits per heavy atom. The highest BCUT2D eigenvalue weighted by molar-refractivity contribution is 6.30. The van der Waals surface area contributed by atoms with E-state index in [-0.39, 0.29) is 29.5 Å². The van der Waals surface area contributed by atoms with Crippen LogP contribution in [0.15, 0.2) is 42.5 Å². The summed E-state index contributed by atoms with van der Waals surface area (Å²) in [6, 6.07) is 12.1. The molecular formula is C24H28ClN3O3. The van der Waals surface area contributed by atoms with E-state index in [9.17, 15) is 14.7 Å². The summed E-state index contributed by atoms with van der Waals surface area (Å²) in [6.45, 7) is 4.28. The number of rotatable bonds is 6. The Morgan fingerprint density at radius 1 is 1.19 bits per heavy atom. The standard InChI is InChI=1S/C24H28ClN3O3/c1-15-11-21(15)24(31)26-19-7-4-16(5-8-19)23(30)27-20-3-2-10-28(14-20)13-17-12-18(25)6-9-22(17)29/h4-9,12,15,20-21,29H,2-3,10-11,13-14H2,1H3,(H,26,31)(H,27,30)/t15-,20+,21+/m1/s1. The zero-order valence-corrected chi connectivity index (χ0v) is 18.4. The molecule has 1 saturated carbocycles. The highest BCUT2D eigenvalue weighted by Gasteiger charge is 2.39. The van der Waals surface area contributed by atoms with Gasteiger partial charge in [0.25, 0.3) is 5.91 Å². The molecule has 164 valence electrons. The number of piperidine rings is 1. The van der Waals surface area contributed by atoms with Gasteiger partial charge in [-0.3, -0.25) is 14.5 Å². The molecule has 0 bridgehead atoms. The van der Waals surface area contributed by atoms with Crippen molar-refractivity contribution in [2.45, 2.75) is 38.8 Å². The van der Waals surface area contributed by atoms with Crippen molar-refractivity contribution >= 4 is 29.1 Å². The maximum absolute atomic E-state index is 12.7. The smallest absolute Gasteiger partial charge is 0.251 e. The van der Waals surface area contributed by atoms with Crippen LogP contribution in [0.1, 0.15) is 42.1 Å². The minimum atomic E-state index is -0.119. The van der Waals surface area contributed by atoms with Crippen molar-refractivity contribution in [1.29, 1.82) is 0 Å². The molecule has 2 fully saturated rings. The molecule has 7 heteroatoms. The second kappa shape index (κ2) is 9.28. The molecule has 0 spiro atoms. The van der Waals surface area contributed by atoms with E-state index in [0.717, 1.165) is 31.4 Å². The molecule has 1 aliphatic heterocycles. The van der Waals surface area contributed by atoms with Crippen LogP contribution < -0.4 is 10.6 Å². The molecule has 2 amide bonds. The molecular weight excluding hydrogens is 414 g/mol. The van der Waals surface area contributed by atoms with Gasteiger partial charge in [-0.15, -0.1) is 0 Å². The number of phenols is 1. The summed E-state index contributed by atoms with van der Waals surface area (Å²) in [5, 5.41) is 16.7. The summed E-state index contributed by atoms with van der Waals surface area (Å²) in [5.41, 5.74) is 2.07. The van der Waals surface area contributed by atoms with Crippen molar-refractivity contribution < 1.29 is 14.7 Å². The zero-order valence-electron chi connectivity index (χ0n) is 17.6. The monoisotopic (exact) mass is 441 g/mol. The van der Waals surface area contributed by atoms with Crippen LogP contribution in [0.25, 0.3) is 0 Å². The number of aromatic hydroxyl groups is 1. The minimum absolute atomic E-state index is 0.0401. The van der Waals surface area contributed by atoms with Crippen LogP contribution in [-0.4, -0.2) is 41.0 Å². The minimum Gasteiger partial charge on any atom is -0.508 e. The van der Waals surface area contributed by atoms with Crippen molar-refractivity contribution in [1.82, 2.24) is 10.2 Å². The van der Waals surface area contributed by atoms with Crippen LogP contribution in [0.4, 0.5) is 5.69 Å². The third kappa shape index (κ3) is 5.57. The quantitative estimate of drug-likeness (QED) is 0.632. The largest absolute Gasteiger partial charge is 0.508 e. The van der Waals surface area contributed by atoms with Gasteiger partial charge in [0, 0.05) is 46.9 Å². The molecule has 2 aromatic rings. The third-order valence-electron chi connectivity index (χ3n) is 6.14. The van der Waals surface area contributed by atoms with E-state index >= 15 is 0 Å². The summed E-state index contributed by atoms with van der Waals surface area (Å²) in [6.07, 6.45) is 2.83. The number of carbonyl (C=O) groups is 2. The van der Waals surface area contributed by atoms with Gasteiger partial charge in [-0.05, 0) is 74.2 Å². The molecule has 2 aliphatic rings. The Hall–Kier alpha value is -2.57. The first kappa shape index (κ1) is 21.7. The molecule has 3 atom stereocenters. The van der Waals surface area contributed by atoms with Gasteiger partial charge in [0.2, 0.25) is 5.91 Å². The fourth-order valence-electron chi connectivity index (χ4n) is 4.13. The lowest BCUT2D eigenvalue weighted by molar-refractivity contribution is -0.117. The number of likely N-dealkylation sites (tertiary alicyclic amines) is 1. The number of hydrogen-bond donors (Lipinski definition) is 3. The molecule has 1 saturated heterocycles. The SMILES string of the molecule is C[C@@H]1C[C@@H]1C(=O)Nc1ccc(C(=O)N[C@H]2CCCN(Cc3cc(Cl)ccc3O)C2)cc1. The molecule has 2 aromatic carbocycles. The number of nitrogens with one attached hydrogen (secondary N) is 2. The van der Waals surface area contributed by atoms with Crippen LogP contribution >= 0.6 is 11.6 Å². The number of anilines is 1. The fourth-order valence-corrected chi connectivity index (χ4v) is 4.33. The highest BCUT2D eigenvalue weighted by Crippen LogP contribution is 2.38. The number of benzene rings is 2. The second-order valence-corrected chi connectivity index (χ2v) is 9.14.